The van der Waals surface area contributed by atoms with Gasteiger partial charge in [-0.3, -0.25) is 4.90 Å². The largest absolute Gasteiger partial charge is 0.493 e. The number of ether oxygens (including phenoxy) is 3. The average Bonchev–Trinajstić information content (AvgIpc) is 2.91. The van der Waals surface area contributed by atoms with Gasteiger partial charge >= 0.3 is 0 Å². The number of morpholine rings is 1. The Labute approximate surface area is 207 Å². The van der Waals surface area contributed by atoms with Crippen LogP contribution in [0.3, 0.4) is 0 Å². The van der Waals surface area contributed by atoms with Crippen LogP contribution in [0, 0.1) is 6.92 Å². The van der Waals surface area contributed by atoms with Crippen molar-refractivity contribution in [1.82, 2.24) is 14.9 Å². The fourth-order valence-corrected chi connectivity index (χ4v) is 4.80. The Bertz CT molecular complexity index is 1110. The molecule has 5 rings (SSSR count). The Hall–Kier alpha value is -3.10. The van der Waals surface area contributed by atoms with Gasteiger partial charge in [0, 0.05) is 63.0 Å². The lowest BCUT2D eigenvalue weighted by Crippen LogP contribution is -2.46. The average molecular weight is 478 g/mol. The van der Waals surface area contributed by atoms with Crippen LogP contribution in [0.15, 0.2) is 42.7 Å². The fourth-order valence-electron chi connectivity index (χ4n) is 4.80. The molecule has 0 radical (unpaired) electrons. The van der Waals surface area contributed by atoms with Crippen molar-refractivity contribution >= 4 is 22.4 Å². The van der Waals surface area contributed by atoms with Crippen molar-refractivity contribution in [2.75, 3.05) is 82.5 Å². The second-order valence-corrected chi connectivity index (χ2v) is 9.18. The van der Waals surface area contributed by atoms with Gasteiger partial charge in [-0.25, -0.2) is 9.97 Å². The van der Waals surface area contributed by atoms with E-state index in [2.05, 4.69) is 55.9 Å². The Morgan fingerprint density at radius 2 is 1.63 bits per heavy atom. The highest BCUT2D eigenvalue weighted by molar-refractivity contribution is 5.92. The summed E-state index contributed by atoms with van der Waals surface area (Å²) in [6, 6.07) is 12.8. The standard InChI is InChI=1S/C27H35N5O3/c1-21-4-6-22(7-5-21)31-9-11-32(12-10-31)27-23-18-26(25(33-2)19-24(23)28-20-29-27)35-15-3-8-30-13-16-34-17-14-30/h4-7,18-20H,3,8-17H2,1-2H3. The maximum Gasteiger partial charge on any atom is 0.162 e. The zero-order valence-corrected chi connectivity index (χ0v) is 20.8. The van der Waals surface area contributed by atoms with Gasteiger partial charge in [-0.05, 0) is 31.5 Å². The van der Waals surface area contributed by atoms with Gasteiger partial charge in [-0.1, -0.05) is 17.7 Å². The number of aromatic nitrogens is 2. The number of methoxy groups -OCH3 is 1. The predicted molar refractivity (Wildman–Crippen MR) is 139 cm³/mol. The molecular weight excluding hydrogens is 442 g/mol. The Morgan fingerprint density at radius 1 is 0.886 bits per heavy atom. The van der Waals surface area contributed by atoms with Crippen molar-refractivity contribution in [2.24, 2.45) is 0 Å². The van der Waals surface area contributed by atoms with Crippen LogP contribution in [0.4, 0.5) is 11.5 Å². The molecule has 35 heavy (non-hydrogen) atoms. The number of nitrogens with zero attached hydrogens (tertiary/aromatic N) is 5. The first-order valence-corrected chi connectivity index (χ1v) is 12.5. The van der Waals surface area contributed by atoms with E-state index in [9.17, 15) is 0 Å². The molecule has 2 saturated heterocycles. The van der Waals surface area contributed by atoms with E-state index in [1.54, 1.807) is 13.4 Å². The molecule has 2 fully saturated rings. The highest BCUT2D eigenvalue weighted by Crippen LogP contribution is 2.35. The summed E-state index contributed by atoms with van der Waals surface area (Å²) in [5, 5.41) is 1.00. The molecule has 0 spiro atoms. The first-order chi connectivity index (χ1) is 17.2. The molecule has 2 aromatic carbocycles. The number of anilines is 2. The quantitative estimate of drug-likeness (QED) is 0.458. The minimum atomic E-state index is 0.636. The molecule has 8 nitrogen and oxygen atoms in total. The SMILES string of the molecule is COc1cc2ncnc(N3CCN(c4ccc(C)cc4)CC3)c2cc1OCCCN1CCOCC1. The van der Waals surface area contributed by atoms with Gasteiger partial charge in [0.05, 0.1) is 32.4 Å². The first kappa shape index (κ1) is 23.6. The summed E-state index contributed by atoms with van der Waals surface area (Å²) >= 11 is 0. The molecule has 2 aliphatic rings. The van der Waals surface area contributed by atoms with Gasteiger partial charge in [0.2, 0.25) is 0 Å². The number of piperazine rings is 1. The maximum atomic E-state index is 6.19. The third-order valence-electron chi connectivity index (χ3n) is 6.86. The van der Waals surface area contributed by atoms with E-state index in [1.807, 2.05) is 12.1 Å². The van der Waals surface area contributed by atoms with Crippen molar-refractivity contribution in [1.29, 1.82) is 0 Å². The van der Waals surface area contributed by atoms with E-state index in [0.29, 0.717) is 12.4 Å². The third-order valence-corrected chi connectivity index (χ3v) is 6.86. The number of hydrogen-bond donors (Lipinski definition) is 0. The molecule has 0 bridgehead atoms. The summed E-state index contributed by atoms with van der Waals surface area (Å²) in [4.78, 5) is 16.4. The van der Waals surface area contributed by atoms with E-state index >= 15 is 0 Å². The summed E-state index contributed by atoms with van der Waals surface area (Å²) in [7, 11) is 1.67. The van der Waals surface area contributed by atoms with Crippen LogP contribution in [-0.4, -0.2) is 87.6 Å². The number of benzene rings is 2. The van der Waals surface area contributed by atoms with E-state index < -0.39 is 0 Å². The lowest BCUT2D eigenvalue weighted by Gasteiger charge is -2.37. The number of rotatable bonds is 8. The molecule has 8 heteroatoms. The number of hydrogen-bond acceptors (Lipinski definition) is 8. The van der Waals surface area contributed by atoms with Crippen molar-refractivity contribution < 1.29 is 14.2 Å². The normalized spacial score (nSPS) is 17.1. The lowest BCUT2D eigenvalue weighted by molar-refractivity contribution is 0.0357. The van der Waals surface area contributed by atoms with Crippen LogP contribution >= 0.6 is 0 Å². The first-order valence-electron chi connectivity index (χ1n) is 12.5. The minimum absolute atomic E-state index is 0.636. The zero-order valence-electron chi connectivity index (χ0n) is 20.8. The van der Waals surface area contributed by atoms with Crippen molar-refractivity contribution in [3.8, 4) is 11.5 Å². The maximum absolute atomic E-state index is 6.19. The molecule has 0 aliphatic carbocycles. The van der Waals surface area contributed by atoms with Gasteiger partial charge in [0.1, 0.15) is 12.1 Å². The van der Waals surface area contributed by atoms with Crippen LogP contribution in [0.1, 0.15) is 12.0 Å². The second kappa shape index (κ2) is 11.1. The van der Waals surface area contributed by atoms with Gasteiger partial charge in [0.25, 0.3) is 0 Å². The Morgan fingerprint density at radius 3 is 2.37 bits per heavy atom. The molecular formula is C27H35N5O3. The van der Waals surface area contributed by atoms with E-state index in [-0.39, 0.29) is 0 Å². The number of fused-ring (bicyclic) bond motifs is 1. The summed E-state index contributed by atoms with van der Waals surface area (Å²) < 4.78 is 17.2. The molecule has 2 aliphatic heterocycles. The van der Waals surface area contributed by atoms with Crippen LogP contribution in [-0.2, 0) is 4.74 Å². The van der Waals surface area contributed by atoms with Gasteiger partial charge in [-0.2, -0.15) is 0 Å². The van der Waals surface area contributed by atoms with Gasteiger partial charge in [-0.15, -0.1) is 0 Å². The molecule has 0 amide bonds. The van der Waals surface area contributed by atoms with Crippen LogP contribution in [0.2, 0.25) is 0 Å². The summed E-state index contributed by atoms with van der Waals surface area (Å²) in [6.07, 6.45) is 2.60. The van der Waals surface area contributed by atoms with Crippen LogP contribution < -0.4 is 19.3 Å². The monoisotopic (exact) mass is 477 g/mol. The van der Waals surface area contributed by atoms with Gasteiger partial charge < -0.3 is 24.0 Å². The summed E-state index contributed by atoms with van der Waals surface area (Å²) in [5.41, 5.74) is 3.43. The molecule has 3 aromatic rings. The van der Waals surface area contributed by atoms with Crippen molar-refractivity contribution in [2.45, 2.75) is 13.3 Å². The van der Waals surface area contributed by atoms with Crippen molar-refractivity contribution in [3.05, 3.63) is 48.3 Å². The molecule has 0 atom stereocenters. The van der Waals surface area contributed by atoms with E-state index in [1.165, 1.54) is 11.3 Å². The highest BCUT2D eigenvalue weighted by atomic mass is 16.5. The fraction of sp³-hybridized carbons (Fsp3) is 0.481. The molecule has 0 saturated carbocycles. The summed E-state index contributed by atoms with van der Waals surface area (Å²) in [5.74, 6) is 2.41. The molecule has 0 unspecified atom stereocenters. The predicted octanol–water partition coefficient (Wildman–Crippen LogP) is 3.37. The molecule has 0 N–H and O–H groups in total. The molecule has 186 valence electrons. The van der Waals surface area contributed by atoms with Gasteiger partial charge in [0.15, 0.2) is 11.5 Å². The minimum Gasteiger partial charge on any atom is -0.493 e. The van der Waals surface area contributed by atoms with E-state index in [0.717, 1.165) is 87.9 Å². The number of aryl methyl sites for hydroxylation is 1. The van der Waals surface area contributed by atoms with Crippen molar-refractivity contribution in [3.63, 3.8) is 0 Å². The summed E-state index contributed by atoms with van der Waals surface area (Å²) in [6.45, 7) is 11.1. The Kier molecular flexibility index (Phi) is 7.49. The highest BCUT2D eigenvalue weighted by Gasteiger charge is 2.21. The molecule has 1 aromatic heterocycles. The molecule has 3 heterocycles. The van der Waals surface area contributed by atoms with Crippen LogP contribution in [0.5, 0.6) is 11.5 Å². The topological polar surface area (TPSA) is 63.2 Å². The lowest BCUT2D eigenvalue weighted by atomic mass is 10.1. The third kappa shape index (κ3) is 5.60. The smallest absolute Gasteiger partial charge is 0.162 e. The zero-order chi connectivity index (χ0) is 24.0. The van der Waals surface area contributed by atoms with Crippen LogP contribution in [0.25, 0.3) is 10.9 Å². The second-order valence-electron chi connectivity index (χ2n) is 9.18. The van der Waals surface area contributed by atoms with E-state index in [4.69, 9.17) is 14.2 Å². The Balaban J connectivity index is 1.27.